The van der Waals surface area contributed by atoms with Crippen LogP contribution >= 0.6 is 23.1 Å². The molecule has 0 aliphatic heterocycles. The topological polar surface area (TPSA) is 111 Å². The molecule has 7 nitrogen and oxygen atoms in total. The number of hydrogen-bond acceptors (Lipinski definition) is 8. The maximum Gasteiger partial charge on any atom is 0.232 e. The number of hydrogen-bond donors (Lipinski definition) is 2. The summed E-state index contributed by atoms with van der Waals surface area (Å²) in [7, 11) is 1.79. The third-order valence-electron chi connectivity index (χ3n) is 2.57. The predicted molar refractivity (Wildman–Crippen MR) is 85.6 cm³/mol. The molecule has 0 radical (unpaired) electrons. The molecular formula is C12H16N6OS2. The zero-order chi connectivity index (χ0) is 15.2. The number of anilines is 2. The summed E-state index contributed by atoms with van der Waals surface area (Å²) in [4.78, 5) is 26.5. The maximum absolute atomic E-state index is 12.0. The van der Waals surface area contributed by atoms with Gasteiger partial charge < -0.3 is 16.4 Å². The molecule has 9 heteroatoms. The summed E-state index contributed by atoms with van der Waals surface area (Å²) in [6.45, 7) is 0.628. The number of carbonyl (C=O) groups is 1. The van der Waals surface area contributed by atoms with Crippen molar-refractivity contribution in [3.8, 4) is 0 Å². The minimum Gasteiger partial charge on any atom is -0.368 e. The Kier molecular flexibility index (Phi) is 5.34. The molecule has 0 unspecified atom stereocenters. The fourth-order valence-electron chi connectivity index (χ4n) is 1.59. The Bertz CT molecular complexity index is 584. The molecule has 0 aliphatic rings. The average molecular weight is 324 g/mol. The largest absolute Gasteiger partial charge is 0.368 e. The summed E-state index contributed by atoms with van der Waals surface area (Å²) < 4.78 is 0. The van der Waals surface area contributed by atoms with Gasteiger partial charge in [-0.2, -0.15) is 15.0 Å². The Morgan fingerprint density at radius 1 is 1.33 bits per heavy atom. The van der Waals surface area contributed by atoms with E-state index in [9.17, 15) is 4.79 Å². The molecular weight excluding hydrogens is 308 g/mol. The van der Waals surface area contributed by atoms with Crippen molar-refractivity contribution in [2.24, 2.45) is 0 Å². The zero-order valence-corrected chi connectivity index (χ0v) is 13.2. The summed E-state index contributed by atoms with van der Waals surface area (Å²) in [6.07, 6.45) is 0. The highest BCUT2D eigenvalue weighted by molar-refractivity contribution is 7.99. The number of thiophene rings is 1. The molecule has 0 aromatic carbocycles. The van der Waals surface area contributed by atoms with Gasteiger partial charge in [-0.1, -0.05) is 6.07 Å². The molecule has 0 saturated heterocycles. The van der Waals surface area contributed by atoms with Crippen molar-refractivity contribution in [1.82, 2.24) is 19.9 Å². The summed E-state index contributed by atoms with van der Waals surface area (Å²) in [5.41, 5.74) is 11.0. The van der Waals surface area contributed by atoms with Crippen LogP contribution in [0.25, 0.3) is 0 Å². The highest BCUT2D eigenvalue weighted by Crippen LogP contribution is 2.14. The van der Waals surface area contributed by atoms with Crippen LogP contribution in [0.4, 0.5) is 11.9 Å². The maximum atomic E-state index is 12.0. The van der Waals surface area contributed by atoms with E-state index in [0.717, 1.165) is 4.88 Å². The Morgan fingerprint density at radius 3 is 2.67 bits per heavy atom. The molecule has 2 rings (SSSR count). The Hall–Kier alpha value is -1.87. The molecule has 112 valence electrons. The second kappa shape index (κ2) is 7.23. The first kappa shape index (κ1) is 15.5. The van der Waals surface area contributed by atoms with Gasteiger partial charge in [-0.05, 0) is 11.4 Å². The highest BCUT2D eigenvalue weighted by Gasteiger charge is 2.11. The van der Waals surface area contributed by atoms with Crippen molar-refractivity contribution >= 4 is 40.9 Å². The van der Waals surface area contributed by atoms with Crippen LogP contribution in [0.15, 0.2) is 17.5 Å². The first-order valence-corrected chi connectivity index (χ1v) is 8.18. The van der Waals surface area contributed by atoms with E-state index >= 15 is 0 Å². The lowest BCUT2D eigenvalue weighted by atomic mass is 10.4. The first-order chi connectivity index (χ1) is 10.0. The lowest BCUT2D eigenvalue weighted by Gasteiger charge is -2.15. The number of nitrogens with zero attached hydrogens (tertiary/aromatic N) is 4. The van der Waals surface area contributed by atoms with E-state index in [1.54, 1.807) is 23.3 Å². The third-order valence-corrected chi connectivity index (χ3v) is 4.35. The molecule has 0 saturated carbocycles. The number of aromatic nitrogens is 3. The van der Waals surface area contributed by atoms with Crippen molar-refractivity contribution in [2.75, 3.05) is 24.3 Å². The number of rotatable bonds is 6. The van der Waals surface area contributed by atoms with Crippen molar-refractivity contribution in [3.63, 3.8) is 0 Å². The van der Waals surface area contributed by atoms with Crippen LogP contribution in [0.3, 0.4) is 0 Å². The standard InChI is InChI=1S/C12H16N6OS2/c1-18(5-8-3-2-4-21-8)10(19)7-20-6-9-15-11(13)17-12(14)16-9/h2-4H,5-7H2,1H3,(H4,13,14,15,16,17). The van der Waals surface area contributed by atoms with Gasteiger partial charge in [0.1, 0.15) is 5.82 Å². The Labute approximate surface area is 130 Å². The molecule has 2 heterocycles. The minimum atomic E-state index is 0.0587. The fourth-order valence-corrected chi connectivity index (χ4v) is 3.15. The molecule has 0 bridgehead atoms. The van der Waals surface area contributed by atoms with Crippen LogP contribution in [0.1, 0.15) is 10.7 Å². The van der Waals surface area contributed by atoms with Gasteiger partial charge in [0.25, 0.3) is 0 Å². The quantitative estimate of drug-likeness (QED) is 0.815. The van der Waals surface area contributed by atoms with Gasteiger partial charge in [-0.25, -0.2) is 0 Å². The van der Waals surface area contributed by atoms with Crippen LogP contribution < -0.4 is 11.5 Å². The number of thioether (sulfide) groups is 1. The molecule has 21 heavy (non-hydrogen) atoms. The highest BCUT2D eigenvalue weighted by atomic mass is 32.2. The summed E-state index contributed by atoms with van der Waals surface area (Å²) in [6, 6.07) is 3.99. The van der Waals surface area contributed by atoms with Gasteiger partial charge in [-0.15, -0.1) is 23.1 Å². The normalized spacial score (nSPS) is 10.5. The van der Waals surface area contributed by atoms with Crippen LogP contribution in [0.2, 0.25) is 0 Å². The minimum absolute atomic E-state index is 0.0587. The number of nitrogens with two attached hydrogens (primary N) is 2. The average Bonchev–Trinajstić information content (AvgIpc) is 2.90. The van der Waals surface area contributed by atoms with E-state index in [2.05, 4.69) is 15.0 Å². The smallest absolute Gasteiger partial charge is 0.232 e. The van der Waals surface area contributed by atoms with Gasteiger partial charge >= 0.3 is 0 Å². The fraction of sp³-hybridized carbons (Fsp3) is 0.333. The molecule has 4 N–H and O–H groups in total. The Balaban J connectivity index is 1.78. The molecule has 0 atom stereocenters. The molecule has 1 amide bonds. The molecule has 2 aromatic heterocycles. The lowest BCUT2D eigenvalue weighted by Crippen LogP contribution is -2.27. The summed E-state index contributed by atoms with van der Waals surface area (Å²) in [5, 5.41) is 2.00. The van der Waals surface area contributed by atoms with Gasteiger partial charge in [0.15, 0.2) is 0 Å². The SMILES string of the molecule is CN(Cc1cccs1)C(=O)CSCc1nc(N)nc(N)n1. The van der Waals surface area contributed by atoms with E-state index in [1.807, 2.05) is 17.5 Å². The monoisotopic (exact) mass is 324 g/mol. The van der Waals surface area contributed by atoms with Gasteiger partial charge in [-0.3, -0.25) is 4.79 Å². The summed E-state index contributed by atoms with van der Waals surface area (Å²) in [5.74, 6) is 1.56. The zero-order valence-electron chi connectivity index (χ0n) is 11.5. The van der Waals surface area contributed by atoms with Crippen molar-refractivity contribution in [3.05, 3.63) is 28.2 Å². The second-order valence-electron chi connectivity index (χ2n) is 4.29. The van der Waals surface area contributed by atoms with Gasteiger partial charge in [0.2, 0.25) is 17.8 Å². The van der Waals surface area contributed by atoms with E-state index < -0.39 is 0 Å². The third kappa shape index (κ3) is 4.87. The van der Waals surface area contributed by atoms with Crippen LogP contribution in [-0.2, 0) is 17.1 Å². The van der Waals surface area contributed by atoms with E-state index in [0.29, 0.717) is 23.9 Å². The van der Waals surface area contributed by atoms with E-state index in [4.69, 9.17) is 11.5 Å². The van der Waals surface area contributed by atoms with Crippen LogP contribution in [0, 0.1) is 0 Å². The van der Waals surface area contributed by atoms with Gasteiger partial charge in [0.05, 0.1) is 18.1 Å². The van der Waals surface area contributed by atoms with Crippen molar-refractivity contribution in [2.45, 2.75) is 12.3 Å². The first-order valence-electron chi connectivity index (χ1n) is 6.14. The van der Waals surface area contributed by atoms with Crippen molar-refractivity contribution < 1.29 is 4.79 Å². The van der Waals surface area contributed by atoms with Crippen LogP contribution in [-0.4, -0.2) is 38.6 Å². The molecule has 0 spiro atoms. The lowest BCUT2D eigenvalue weighted by molar-refractivity contribution is -0.127. The van der Waals surface area contributed by atoms with E-state index in [-0.39, 0.29) is 17.8 Å². The summed E-state index contributed by atoms with van der Waals surface area (Å²) >= 11 is 3.06. The predicted octanol–water partition coefficient (Wildman–Crippen LogP) is 0.989. The molecule has 0 fully saturated rings. The van der Waals surface area contributed by atoms with Crippen LogP contribution in [0.5, 0.6) is 0 Å². The molecule has 2 aromatic rings. The van der Waals surface area contributed by atoms with Crippen molar-refractivity contribution in [1.29, 1.82) is 0 Å². The number of carbonyl (C=O) groups excluding carboxylic acids is 1. The van der Waals surface area contributed by atoms with E-state index in [1.165, 1.54) is 11.8 Å². The number of amides is 1. The number of nitrogen functional groups attached to an aromatic ring is 2. The Morgan fingerprint density at radius 2 is 2.05 bits per heavy atom. The molecule has 0 aliphatic carbocycles. The van der Waals surface area contributed by atoms with Gasteiger partial charge in [0, 0.05) is 11.9 Å². The second-order valence-corrected chi connectivity index (χ2v) is 6.31.